The van der Waals surface area contributed by atoms with Crippen molar-refractivity contribution in [3.05, 3.63) is 59.9 Å². The Labute approximate surface area is 184 Å². The van der Waals surface area contributed by atoms with Crippen LogP contribution in [0.3, 0.4) is 0 Å². The Kier molecular flexibility index (Phi) is 7.67. The van der Waals surface area contributed by atoms with Crippen molar-refractivity contribution < 1.29 is 17.6 Å². The molecule has 2 aromatic carbocycles. The highest BCUT2D eigenvalue weighted by Gasteiger charge is 2.23. The van der Waals surface area contributed by atoms with Gasteiger partial charge in [-0.3, -0.25) is 9.69 Å². The third-order valence-corrected chi connectivity index (χ3v) is 7.49. The second kappa shape index (κ2) is 10.2. The molecular formula is C23H30FN3O3S. The van der Waals surface area contributed by atoms with Crippen LogP contribution >= 0.6 is 0 Å². The van der Waals surface area contributed by atoms with Crippen LogP contribution in [0, 0.1) is 18.7 Å². The van der Waals surface area contributed by atoms with E-state index in [-0.39, 0.29) is 16.6 Å². The predicted octanol–water partition coefficient (Wildman–Crippen LogP) is 2.48. The van der Waals surface area contributed by atoms with Crippen molar-refractivity contribution >= 4 is 21.4 Å². The number of hydrogen-bond donors (Lipinski definition) is 1. The van der Waals surface area contributed by atoms with Crippen LogP contribution in [0.15, 0.2) is 53.4 Å². The van der Waals surface area contributed by atoms with E-state index in [0.717, 1.165) is 44.9 Å². The lowest BCUT2D eigenvalue weighted by molar-refractivity contribution is -0.123. The summed E-state index contributed by atoms with van der Waals surface area (Å²) in [6, 6.07) is 13.2. The Bertz CT molecular complexity index is 987. The van der Waals surface area contributed by atoms with Crippen molar-refractivity contribution in [1.29, 1.82) is 0 Å². The molecule has 3 rings (SSSR count). The summed E-state index contributed by atoms with van der Waals surface area (Å²) in [5, 5.41) is 2.84. The van der Waals surface area contributed by atoms with Gasteiger partial charge in [-0.15, -0.1) is 0 Å². The number of carbonyl (C=O) groups is 1. The van der Waals surface area contributed by atoms with Crippen LogP contribution < -0.4 is 10.2 Å². The average molecular weight is 448 g/mol. The Morgan fingerprint density at radius 1 is 1.10 bits per heavy atom. The number of hydrogen-bond acceptors (Lipinski definition) is 5. The van der Waals surface area contributed by atoms with Crippen LogP contribution in [-0.4, -0.2) is 64.2 Å². The molecule has 6 nitrogen and oxygen atoms in total. The highest BCUT2D eigenvalue weighted by atomic mass is 32.2. The van der Waals surface area contributed by atoms with Crippen LogP contribution in [0.2, 0.25) is 0 Å². The number of nitrogens with one attached hydrogen (secondary N) is 1. The largest absolute Gasteiger partial charge is 0.369 e. The lowest BCUT2D eigenvalue weighted by Gasteiger charge is -2.36. The zero-order valence-electron chi connectivity index (χ0n) is 18.1. The van der Waals surface area contributed by atoms with Crippen LogP contribution in [-0.2, 0) is 14.6 Å². The third kappa shape index (κ3) is 6.51. The first-order valence-corrected chi connectivity index (χ1v) is 12.2. The van der Waals surface area contributed by atoms with E-state index in [9.17, 15) is 17.6 Å². The second-order valence-corrected chi connectivity index (χ2v) is 10.1. The lowest BCUT2D eigenvalue weighted by atomic mass is 10.2. The molecule has 1 atom stereocenters. The monoisotopic (exact) mass is 447 g/mol. The van der Waals surface area contributed by atoms with Crippen LogP contribution in [0.5, 0.6) is 0 Å². The molecule has 1 fully saturated rings. The summed E-state index contributed by atoms with van der Waals surface area (Å²) in [7, 11) is -3.65. The molecule has 1 amide bonds. The molecule has 31 heavy (non-hydrogen) atoms. The van der Waals surface area contributed by atoms with Crippen molar-refractivity contribution in [1.82, 2.24) is 10.2 Å². The number of halogens is 1. The van der Waals surface area contributed by atoms with Gasteiger partial charge >= 0.3 is 0 Å². The van der Waals surface area contributed by atoms with Gasteiger partial charge in [0.05, 0.1) is 10.6 Å². The first-order valence-electron chi connectivity index (χ1n) is 10.5. The van der Waals surface area contributed by atoms with Crippen molar-refractivity contribution in [2.24, 2.45) is 5.92 Å². The first-order chi connectivity index (χ1) is 14.7. The smallest absolute Gasteiger partial charge is 0.223 e. The molecule has 0 aromatic heterocycles. The van der Waals surface area contributed by atoms with Gasteiger partial charge in [-0.1, -0.05) is 19.1 Å². The van der Waals surface area contributed by atoms with Crippen LogP contribution in [0.25, 0.3) is 0 Å². The minimum Gasteiger partial charge on any atom is -0.369 e. The summed E-state index contributed by atoms with van der Waals surface area (Å²) < 4.78 is 37.9. The summed E-state index contributed by atoms with van der Waals surface area (Å²) in [5.74, 6) is -1.78. The number of piperazine rings is 1. The summed E-state index contributed by atoms with van der Waals surface area (Å²) in [4.78, 5) is 17.0. The van der Waals surface area contributed by atoms with Gasteiger partial charge in [-0.25, -0.2) is 12.8 Å². The zero-order valence-corrected chi connectivity index (χ0v) is 18.9. The molecule has 0 bridgehead atoms. The number of sulfone groups is 1. The normalized spacial score (nSPS) is 16.2. The molecule has 1 aliphatic rings. The van der Waals surface area contributed by atoms with Crippen molar-refractivity contribution in [3.63, 3.8) is 0 Å². The molecule has 2 aromatic rings. The summed E-state index contributed by atoms with van der Waals surface area (Å²) >= 11 is 0. The number of nitrogens with zero attached hydrogens (tertiary/aromatic N) is 2. The minimum absolute atomic E-state index is 0.0278. The zero-order chi connectivity index (χ0) is 22.4. The molecule has 0 spiro atoms. The van der Waals surface area contributed by atoms with Gasteiger partial charge in [0, 0.05) is 50.9 Å². The number of amides is 1. The van der Waals surface area contributed by atoms with Crippen LogP contribution in [0.1, 0.15) is 12.5 Å². The molecule has 0 radical (unpaired) electrons. The molecule has 0 saturated carbocycles. The number of benzene rings is 2. The molecule has 1 saturated heterocycles. The van der Waals surface area contributed by atoms with Gasteiger partial charge in [-0.2, -0.15) is 0 Å². The fourth-order valence-electron chi connectivity index (χ4n) is 3.71. The van der Waals surface area contributed by atoms with E-state index in [0.29, 0.717) is 6.54 Å². The minimum atomic E-state index is -3.65. The van der Waals surface area contributed by atoms with E-state index in [1.54, 1.807) is 6.92 Å². The molecule has 1 aliphatic heterocycles. The summed E-state index contributed by atoms with van der Waals surface area (Å²) in [5.41, 5.74) is 2.49. The maximum Gasteiger partial charge on any atom is 0.223 e. The molecule has 0 aliphatic carbocycles. The highest BCUT2D eigenvalue weighted by molar-refractivity contribution is 7.91. The fourth-order valence-corrected chi connectivity index (χ4v) is 5.26. The number of anilines is 1. The molecule has 8 heteroatoms. The predicted molar refractivity (Wildman–Crippen MR) is 120 cm³/mol. The fraction of sp³-hybridized carbons (Fsp3) is 0.435. The Hall–Kier alpha value is -2.45. The van der Waals surface area contributed by atoms with Gasteiger partial charge in [-0.05, 0) is 48.9 Å². The number of rotatable bonds is 8. The maximum absolute atomic E-state index is 13.0. The quantitative estimate of drug-likeness (QED) is 0.630. The Balaban J connectivity index is 1.40. The maximum atomic E-state index is 13.0. The van der Waals surface area contributed by atoms with Gasteiger partial charge < -0.3 is 10.2 Å². The van der Waals surface area contributed by atoms with E-state index in [2.05, 4.69) is 46.3 Å². The average Bonchev–Trinajstić information content (AvgIpc) is 2.74. The van der Waals surface area contributed by atoms with E-state index < -0.39 is 21.6 Å². The van der Waals surface area contributed by atoms with Gasteiger partial charge in [0.1, 0.15) is 5.82 Å². The topological polar surface area (TPSA) is 69.7 Å². The van der Waals surface area contributed by atoms with Gasteiger partial charge in [0.25, 0.3) is 0 Å². The van der Waals surface area contributed by atoms with Crippen LogP contribution in [0.4, 0.5) is 10.1 Å². The molecule has 1 N–H and O–H groups in total. The third-order valence-electron chi connectivity index (χ3n) is 5.56. The van der Waals surface area contributed by atoms with Crippen molar-refractivity contribution in [2.45, 2.75) is 18.7 Å². The van der Waals surface area contributed by atoms with Gasteiger partial charge in [0.15, 0.2) is 9.84 Å². The molecule has 168 valence electrons. The molecule has 1 heterocycles. The van der Waals surface area contributed by atoms with E-state index in [1.807, 2.05) is 0 Å². The summed E-state index contributed by atoms with van der Waals surface area (Å²) in [6.45, 7) is 8.59. The molecule has 1 unspecified atom stereocenters. The highest BCUT2D eigenvalue weighted by Crippen LogP contribution is 2.18. The van der Waals surface area contributed by atoms with E-state index in [4.69, 9.17) is 0 Å². The molecular weight excluding hydrogens is 417 g/mol. The first kappa shape index (κ1) is 23.2. The van der Waals surface area contributed by atoms with Gasteiger partial charge in [0.2, 0.25) is 5.91 Å². The SMILES string of the molecule is Cc1cccc(N2CCN(CCNC(=O)C(C)CS(=O)(=O)c3ccc(F)cc3)CC2)c1. The van der Waals surface area contributed by atoms with E-state index >= 15 is 0 Å². The second-order valence-electron chi connectivity index (χ2n) is 8.10. The Morgan fingerprint density at radius 2 is 1.77 bits per heavy atom. The standard InChI is InChI=1S/C23H30FN3O3S/c1-18-4-3-5-21(16-18)27-14-12-26(13-15-27)11-10-25-23(28)19(2)17-31(29,30)22-8-6-20(24)7-9-22/h3-9,16,19H,10-15,17H2,1-2H3,(H,25,28). The van der Waals surface area contributed by atoms with E-state index in [1.165, 1.54) is 23.4 Å². The number of aryl methyl sites for hydroxylation is 1. The number of carbonyl (C=O) groups excluding carboxylic acids is 1. The van der Waals surface area contributed by atoms with Crippen molar-refractivity contribution in [3.8, 4) is 0 Å². The summed E-state index contributed by atoms with van der Waals surface area (Å²) in [6.07, 6.45) is 0. The van der Waals surface area contributed by atoms with Crippen molar-refractivity contribution in [2.75, 3.05) is 49.9 Å². The Morgan fingerprint density at radius 3 is 2.42 bits per heavy atom. The lowest BCUT2D eigenvalue weighted by Crippen LogP contribution is -2.48.